The SMILES string of the molecule is CC1C=CC(CN2CC[C@@H](N3CC[C@@H](c4ccc(O[P+]([O-])(O)O)cc4)[C@H](F)C3)C2=O)=CC1. The molecule has 1 aliphatic carbocycles. The van der Waals surface area contributed by atoms with Crippen LogP contribution in [-0.4, -0.2) is 63.9 Å². The molecule has 2 N–H and O–H groups in total. The van der Waals surface area contributed by atoms with Crippen LogP contribution in [0.1, 0.15) is 37.7 Å². The molecule has 1 unspecified atom stereocenters. The van der Waals surface area contributed by atoms with E-state index in [1.54, 1.807) is 12.1 Å². The van der Waals surface area contributed by atoms with Crippen LogP contribution in [0.15, 0.2) is 48.1 Å². The number of phosphoric ester groups is 1. The third kappa shape index (κ3) is 5.56. The Bertz CT molecular complexity index is 885. The van der Waals surface area contributed by atoms with Gasteiger partial charge in [0, 0.05) is 25.6 Å². The first-order chi connectivity index (χ1) is 15.2. The van der Waals surface area contributed by atoms with E-state index in [1.807, 2.05) is 9.80 Å². The van der Waals surface area contributed by atoms with Crippen LogP contribution in [0, 0.1) is 5.92 Å². The van der Waals surface area contributed by atoms with E-state index in [9.17, 15) is 9.69 Å². The Labute approximate surface area is 188 Å². The van der Waals surface area contributed by atoms with Crippen LogP contribution in [0.2, 0.25) is 0 Å². The highest BCUT2D eigenvalue weighted by molar-refractivity contribution is 7.52. The van der Waals surface area contributed by atoms with Crippen LogP contribution in [-0.2, 0) is 4.79 Å². The fourth-order valence-corrected chi connectivity index (χ4v) is 5.22. The van der Waals surface area contributed by atoms with Gasteiger partial charge in [-0.05, 0) is 55.0 Å². The summed E-state index contributed by atoms with van der Waals surface area (Å²) in [4.78, 5) is 45.6. The quantitative estimate of drug-likeness (QED) is 0.628. The summed E-state index contributed by atoms with van der Waals surface area (Å²) < 4.78 is 19.7. The Morgan fingerprint density at radius 1 is 1.22 bits per heavy atom. The van der Waals surface area contributed by atoms with Gasteiger partial charge in [-0.15, -0.1) is 0 Å². The third-order valence-electron chi connectivity index (χ3n) is 6.58. The summed E-state index contributed by atoms with van der Waals surface area (Å²) in [5.74, 6) is 0.354. The van der Waals surface area contributed by atoms with Crippen molar-refractivity contribution in [1.82, 2.24) is 9.80 Å². The zero-order chi connectivity index (χ0) is 22.9. The molecule has 0 saturated carbocycles. The highest BCUT2D eigenvalue weighted by Crippen LogP contribution is 2.42. The number of benzene rings is 1. The maximum Gasteiger partial charge on any atom is 0.423 e. The second kappa shape index (κ2) is 9.57. The van der Waals surface area contributed by atoms with Crippen molar-refractivity contribution in [3.8, 4) is 5.75 Å². The number of rotatable bonds is 6. The second-order valence-electron chi connectivity index (χ2n) is 8.97. The molecule has 174 valence electrons. The number of halogens is 1. The number of piperidine rings is 1. The van der Waals surface area contributed by atoms with Gasteiger partial charge < -0.3 is 9.79 Å². The van der Waals surface area contributed by atoms with E-state index in [4.69, 9.17) is 9.79 Å². The molecule has 4 rings (SSSR count). The zero-order valence-electron chi connectivity index (χ0n) is 18.1. The molecule has 2 fully saturated rings. The van der Waals surface area contributed by atoms with Crippen molar-refractivity contribution in [2.75, 3.05) is 26.2 Å². The minimum absolute atomic E-state index is 0.0453. The lowest BCUT2D eigenvalue weighted by molar-refractivity contribution is -0.228. The van der Waals surface area contributed by atoms with Gasteiger partial charge in [-0.3, -0.25) is 14.2 Å². The lowest BCUT2D eigenvalue weighted by Gasteiger charge is -2.37. The predicted molar refractivity (Wildman–Crippen MR) is 118 cm³/mol. The van der Waals surface area contributed by atoms with Crippen molar-refractivity contribution in [2.24, 2.45) is 5.92 Å². The normalized spacial score (nSPS) is 29.3. The number of allylic oxidation sites excluding steroid dienone is 2. The molecule has 7 nitrogen and oxygen atoms in total. The molecule has 9 heteroatoms. The van der Waals surface area contributed by atoms with Gasteiger partial charge in [-0.25, -0.2) is 4.39 Å². The summed E-state index contributed by atoms with van der Waals surface area (Å²) in [6, 6.07) is 5.92. The number of carbonyl (C=O) groups excluding carboxylic acids is 1. The van der Waals surface area contributed by atoms with Crippen molar-refractivity contribution in [2.45, 2.75) is 44.3 Å². The van der Waals surface area contributed by atoms with Gasteiger partial charge in [0.2, 0.25) is 5.91 Å². The Morgan fingerprint density at radius 2 is 1.97 bits per heavy atom. The Kier molecular flexibility index (Phi) is 6.98. The van der Waals surface area contributed by atoms with E-state index in [0.29, 0.717) is 32.0 Å². The minimum atomic E-state index is -4.62. The standard InChI is InChI=1S/C23H30FN2O5P/c1-16-2-4-17(5-3-16)14-26-13-11-22(23(26)27)25-12-10-20(21(24)15-25)18-6-8-19(9-7-18)31-32(28,29)30/h2,4-9,16,20-22H,3,10-15H2,1H3,(H2,28,29,30)/t16?,20-,21+,22+/m0/s1. The summed E-state index contributed by atoms with van der Waals surface area (Å²) in [7, 11) is -4.62. The lowest BCUT2D eigenvalue weighted by atomic mass is 9.87. The molecule has 1 aromatic carbocycles. The van der Waals surface area contributed by atoms with Crippen LogP contribution in [0.4, 0.5) is 4.39 Å². The highest BCUT2D eigenvalue weighted by Gasteiger charge is 2.40. The fourth-order valence-electron chi connectivity index (χ4n) is 4.83. The largest absolute Gasteiger partial charge is 0.599 e. The summed E-state index contributed by atoms with van der Waals surface area (Å²) >= 11 is 0. The second-order valence-corrected chi connectivity index (χ2v) is 10.1. The maximum absolute atomic E-state index is 15.1. The first kappa shape index (κ1) is 23.3. The highest BCUT2D eigenvalue weighted by atomic mass is 31.2. The van der Waals surface area contributed by atoms with Crippen LogP contribution < -0.4 is 9.42 Å². The Morgan fingerprint density at radius 3 is 2.59 bits per heavy atom. The molecular weight excluding hydrogens is 434 g/mol. The molecular formula is C23H30FN2O5P. The van der Waals surface area contributed by atoms with Crippen molar-refractivity contribution >= 4 is 14.1 Å². The van der Waals surface area contributed by atoms with Gasteiger partial charge in [-0.2, -0.15) is 9.79 Å². The first-order valence-corrected chi connectivity index (χ1v) is 12.6. The van der Waals surface area contributed by atoms with Gasteiger partial charge in [-0.1, -0.05) is 37.3 Å². The molecule has 1 aromatic rings. The molecule has 2 aliphatic heterocycles. The number of hydrogen-bond donors (Lipinski definition) is 2. The smallest absolute Gasteiger partial charge is 0.423 e. The summed E-state index contributed by atoms with van der Waals surface area (Å²) in [6.45, 7) is 4.33. The first-order valence-electron chi connectivity index (χ1n) is 11.1. The van der Waals surface area contributed by atoms with Crippen LogP contribution in [0.3, 0.4) is 0 Å². The number of amides is 1. The fraction of sp³-hybridized carbons (Fsp3) is 0.522. The molecule has 3 aliphatic rings. The topological polar surface area (TPSA) is 96.3 Å². The van der Waals surface area contributed by atoms with Gasteiger partial charge in [0.25, 0.3) is 0 Å². The van der Waals surface area contributed by atoms with E-state index in [0.717, 1.165) is 18.4 Å². The molecule has 2 saturated heterocycles. The van der Waals surface area contributed by atoms with Crippen molar-refractivity contribution < 1.29 is 28.4 Å². The van der Waals surface area contributed by atoms with E-state index in [2.05, 4.69) is 29.7 Å². The summed E-state index contributed by atoms with van der Waals surface area (Å²) in [5, 5.41) is 0. The average Bonchev–Trinajstić information content (AvgIpc) is 3.09. The number of nitrogens with zero attached hydrogens (tertiary/aromatic N) is 2. The van der Waals surface area contributed by atoms with E-state index < -0.39 is 14.3 Å². The third-order valence-corrected chi connectivity index (χ3v) is 7.03. The molecule has 0 radical (unpaired) electrons. The number of carbonyl (C=O) groups is 1. The maximum atomic E-state index is 15.1. The number of phosphoric acid groups is 1. The average molecular weight is 464 g/mol. The van der Waals surface area contributed by atoms with Crippen molar-refractivity contribution in [1.29, 1.82) is 0 Å². The molecule has 32 heavy (non-hydrogen) atoms. The van der Waals surface area contributed by atoms with E-state index in [1.165, 1.54) is 17.7 Å². The van der Waals surface area contributed by atoms with E-state index in [-0.39, 0.29) is 30.2 Å². The van der Waals surface area contributed by atoms with Gasteiger partial charge in [0.15, 0.2) is 5.75 Å². The van der Waals surface area contributed by atoms with Gasteiger partial charge >= 0.3 is 8.17 Å². The summed E-state index contributed by atoms with van der Waals surface area (Å²) in [5.41, 5.74) is 1.94. The molecule has 0 aromatic heterocycles. The predicted octanol–water partition coefficient (Wildman–Crippen LogP) is 2.34. The molecule has 4 atom stereocenters. The van der Waals surface area contributed by atoms with Crippen LogP contribution in [0.5, 0.6) is 5.75 Å². The Hall–Kier alpha value is -1.83. The summed E-state index contributed by atoms with van der Waals surface area (Å²) in [6.07, 6.45) is 7.66. The number of hydrogen-bond acceptors (Lipinski definition) is 6. The van der Waals surface area contributed by atoms with E-state index >= 15 is 4.39 Å². The molecule has 1 amide bonds. The lowest BCUT2D eigenvalue weighted by Crippen LogP contribution is -2.49. The molecule has 0 spiro atoms. The molecule has 0 bridgehead atoms. The minimum Gasteiger partial charge on any atom is -0.599 e. The van der Waals surface area contributed by atoms with Gasteiger partial charge in [0.05, 0.1) is 6.04 Å². The number of likely N-dealkylation sites (tertiary alicyclic amines) is 2. The van der Waals surface area contributed by atoms with Crippen molar-refractivity contribution in [3.63, 3.8) is 0 Å². The Balaban J connectivity index is 1.32. The monoisotopic (exact) mass is 464 g/mol. The molecule has 2 heterocycles. The van der Waals surface area contributed by atoms with Crippen LogP contribution in [0.25, 0.3) is 0 Å². The van der Waals surface area contributed by atoms with Crippen LogP contribution >= 0.6 is 8.17 Å². The van der Waals surface area contributed by atoms with Gasteiger partial charge in [0.1, 0.15) is 6.17 Å². The zero-order valence-corrected chi connectivity index (χ0v) is 19.0. The number of alkyl halides is 1. The van der Waals surface area contributed by atoms with Crippen molar-refractivity contribution in [3.05, 3.63) is 53.6 Å².